The average Bonchev–Trinajstić information content (AvgIpc) is 2.81. The van der Waals surface area contributed by atoms with Crippen LogP contribution in [0.5, 0.6) is 5.75 Å². The third kappa shape index (κ3) is 6.38. The predicted molar refractivity (Wildman–Crippen MR) is 136 cm³/mol. The molecule has 1 N–H and O–H groups in total. The van der Waals surface area contributed by atoms with Gasteiger partial charge in [-0.1, -0.05) is 54.4 Å². The van der Waals surface area contributed by atoms with E-state index in [4.69, 9.17) is 4.74 Å². The highest BCUT2D eigenvalue weighted by molar-refractivity contribution is 7.92. The van der Waals surface area contributed by atoms with Gasteiger partial charge in [-0.25, -0.2) is 8.42 Å². The smallest absolute Gasteiger partial charge is 0.264 e. The lowest BCUT2D eigenvalue weighted by Gasteiger charge is -2.26. The minimum Gasteiger partial charge on any atom is -0.492 e. The second kappa shape index (κ2) is 11.2. The number of anilines is 1. The van der Waals surface area contributed by atoms with Crippen molar-refractivity contribution in [3.63, 3.8) is 0 Å². The van der Waals surface area contributed by atoms with Crippen LogP contribution in [0.1, 0.15) is 29.2 Å². The van der Waals surface area contributed by atoms with Gasteiger partial charge >= 0.3 is 0 Å². The number of nitrogens with zero attached hydrogens (tertiary/aromatic N) is 1. The number of benzene rings is 3. The lowest BCUT2D eigenvalue weighted by molar-refractivity contribution is -0.119. The molecule has 0 unspecified atom stereocenters. The van der Waals surface area contributed by atoms with E-state index in [0.29, 0.717) is 5.69 Å². The van der Waals surface area contributed by atoms with Gasteiger partial charge in [0.2, 0.25) is 5.91 Å². The topological polar surface area (TPSA) is 75.7 Å². The van der Waals surface area contributed by atoms with Crippen LogP contribution >= 0.6 is 0 Å². The van der Waals surface area contributed by atoms with Crippen LogP contribution in [-0.2, 0) is 21.2 Å². The molecule has 1 amide bonds. The van der Waals surface area contributed by atoms with Gasteiger partial charge < -0.3 is 10.1 Å². The highest BCUT2D eigenvalue weighted by Gasteiger charge is 2.28. The molecule has 0 radical (unpaired) electrons. The molecule has 3 aromatic rings. The zero-order chi connectivity index (χ0) is 24.7. The number of carbonyl (C=O) groups excluding carboxylic acids is 1. The maximum atomic E-state index is 13.5. The van der Waals surface area contributed by atoms with Crippen molar-refractivity contribution >= 4 is 21.6 Å². The summed E-state index contributed by atoms with van der Waals surface area (Å²) in [5.41, 5.74) is 4.46. The van der Waals surface area contributed by atoms with Gasteiger partial charge in [0.25, 0.3) is 10.0 Å². The molecule has 0 aliphatic rings. The van der Waals surface area contributed by atoms with Crippen LogP contribution in [0.2, 0.25) is 0 Å². The molecule has 0 aliphatic heterocycles. The molecule has 0 atom stereocenters. The van der Waals surface area contributed by atoms with Crippen LogP contribution in [0, 0.1) is 20.8 Å². The maximum Gasteiger partial charge on any atom is 0.264 e. The molecule has 34 heavy (non-hydrogen) atoms. The zero-order valence-corrected chi connectivity index (χ0v) is 21.0. The fraction of sp³-hybridized carbons (Fsp3) is 0.296. The van der Waals surface area contributed by atoms with Crippen LogP contribution in [-0.4, -0.2) is 34.0 Å². The summed E-state index contributed by atoms with van der Waals surface area (Å²) in [4.78, 5) is 12.9. The lowest BCUT2D eigenvalue weighted by Crippen LogP contribution is -2.42. The number of carbonyl (C=O) groups is 1. The maximum absolute atomic E-state index is 13.5. The number of amides is 1. The number of nitrogens with one attached hydrogen (secondary N) is 1. The van der Waals surface area contributed by atoms with E-state index in [1.54, 1.807) is 30.3 Å². The van der Waals surface area contributed by atoms with E-state index < -0.39 is 15.9 Å². The van der Waals surface area contributed by atoms with Crippen LogP contribution in [0.3, 0.4) is 0 Å². The predicted octanol–water partition coefficient (Wildman–Crippen LogP) is 4.56. The second-order valence-electron chi connectivity index (χ2n) is 8.31. The first kappa shape index (κ1) is 25.3. The van der Waals surface area contributed by atoms with Gasteiger partial charge in [-0.3, -0.25) is 9.10 Å². The van der Waals surface area contributed by atoms with E-state index in [0.717, 1.165) is 28.9 Å². The Hall–Kier alpha value is -3.32. The standard InChI is InChI=1S/C27H32N2O4S/c1-5-23-9-11-24(12-10-23)33-17-16-28-27(30)19-29(26-15-8-21(3)18-22(26)4)34(31,32)25-13-6-20(2)7-14-25/h6-15,18H,5,16-17,19H2,1-4H3,(H,28,30). The van der Waals surface area contributed by atoms with Crippen molar-refractivity contribution in [2.75, 3.05) is 24.0 Å². The summed E-state index contributed by atoms with van der Waals surface area (Å²) in [5, 5.41) is 2.77. The summed E-state index contributed by atoms with van der Waals surface area (Å²) < 4.78 is 33.9. The van der Waals surface area contributed by atoms with E-state index in [2.05, 4.69) is 12.2 Å². The first-order chi connectivity index (χ1) is 16.2. The molecule has 3 rings (SSSR count). The van der Waals surface area contributed by atoms with E-state index >= 15 is 0 Å². The minimum absolute atomic E-state index is 0.143. The largest absolute Gasteiger partial charge is 0.492 e. The summed E-state index contributed by atoms with van der Waals surface area (Å²) in [6.45, 7) is 7.99. The molecule has 3 aromatic carbocycles. The van der Waals surface area contributed by atoms with Crippen molar-refractivity contribution in [3.8, 4) is 5.75 Å². The highest BCUT2D eigenvalue weighted by Crippen LogP contribution is 2.27. The summed E-state index contributed by atoms with van der Waals surface area (Å²) in [6.07, 6.45) is 0.957. The quantitative estimate of drug-likeness (QED) is 0.432. The molecule has 0 saturated carbocycles. The minimum atomic E-state index is -3.94. The Morgan fingerprint density at radius 2 is 1.56 bits per heavy atom. The zero-order valence-electron chi connectivity index (χ0n) is 20.2. The van der Waals surface area contributed by atoms with Gasteiger partial charge in [-0.05, 0) is 68.7 Å². The molecule has 0 aliphatic carbocycles. The van der Waals surface area contributed by atoms with Crippen LogP contribution in [0.15, 0.2) is 71.6 Å². The van der Waals surface area contributed by atoms with E-state index in [-0.39, 0.29) is 24.6 Å². The van der Waals surface area contributed by atoms with E-state index in [9.17, 15) is 13.2 Å². The summed E-state index contributed by atoms with van der Waals surface area (Å²) in [6, 6.07) is 19.9. The number of sulfonamides is 1. The van der Waals surface area contributed by atoms with Crippen molar-refractivity contribution < 1.29 is 17.9 Å². The van der Waals surface area contributed by atoms with Gasteiger partial charge in [-0.2, -0.15) is 0 Å². The van der Waals surface area contributed by atoms with Crippen molar-refractivity contribution in [1.29, 1.82) is 0 Å². The van der Waals surface area contributed by atoms with Gasteiger partial charge in [0.1, 0.15) is 18.9 Å². The second-order valence-corrected chi connectivity index (χ2v) is 10.2. The highest BCUT2D eigenvalue weighted by atomic mass is 32.2. The molecule has 6 nitrogen and oxygen atoms in total. The molecule has 0 bridgehead atoms. The van der Waals surface area contributed by atoms with Gasteiger partial charge in [-0.15, -0.1) is 0 Å². The molecular formula is C27H32N2O4S. The van der Waals surface area contributed by atoms with Crippen LogP contribution in [0.4, 0.5) is 5.69 Å². The summed E-state index contributed by atoms with van der Waals surface area (Å²) >= 11 is 0. The van der Waals surface area contributed by atoms with Crippen molar-refractivity contribution in [2.45, 2.75) is 39.0 Å². The van der Waals surface area contributed by atoms with Crippen molar-refractivity contribution in [1.82, 2.24) is 5.32 Å². The first-order valence-corrected chi connectivity index (χ1v) is 12.8. The number of hydrogen-bond acceptors (Lipinski definition) is 4. The molecule has 0 saturated heterocycles. The normalized spacial score (nSPS) is 11.2. The van der Waals surface area contributed by atoms with E-state index in [1.165, 1.54) is 9.87 Å². The molecule has 7 heteroatoms. The van der Waals surface area contributed by atoms with Crippen molar-refractivity contribution in [3.05, 3.63) is 89.0 Å². The number of ether oxygens (including phenoxy) is 1. The Morgan fingerprint density at radius 3 is 2.18 bits per heavy atom. The summed E-state index contributed by atoms with van der Waals surface area (Å²) in [7, 11) is -3.94. The number of hydrogen-bond donors (Lipinski definition) is 1. The molecule has 0 aromatic heterocycles. The molecule has 0 spiro atoms. The summed E-state index contributed by atoms with van der Waals surface area (Å²) in [5.74, 6) is 0.325. The number of aryl methyl sites for hydroxylation is 4. The molecular weight excluding hydrogens is 448 g/mol. The van der Waals surface area contributed by atoms with Gasteiger partial charge in [0, 0.05) is 0 Å². The van der Waals surface area contributed by atoms with Gasteiger partial charge in [0.15, 0.2) is 0 Å². The van der Waals surface area contributed by atoms with Crippen molar-refractivity contribution in [2.24, 2.45) is 0 Å². The third-order valence-electron chi connectivity index (χ3n) is 5.54. The van der Waals surface area contributed by atoms with Crippen LogP contribution < -0.4 is 14.4 Å². The molecule has 180 valence electrons. The van der Waals surface area contributed by atoms with Gasteiger partial charge in [0.05, 0.1) is 17.1 Å². The average molecular weight is 481 g/mol. The fourth-order valence-corrected chi connectivity index (χ4v) is 5.07. The third-order valence-corrected chi connectivity index (χ3v) is 7.32. The molecule has 0 fully saturated rings. The monoisotopic (exact) mass is 480 g/mol. The number of rotatable bonds is 10. The Kier molecular flexibility index (Phi) is 8.34. The molecule has 0 heterocycles. The Labute approximate surface area is 202 Å². The Balaban J connectivity index is 1.71. The van der Waals surface area contributed by atoms with E-state index in [1.807, 2.05) is 57.2 Å². The first-order valence-electron chi connectivity index (χ1n) is 11.4. The Bertz CT molecular complexity index is 1220. The SMILES string of the molecule is CCc1ccc(OCCNC(=O)CN(c2ccc(C)cc2C)S(=O)(=O)c2ccc(C)cc2)cc1. The van der Waals surface area contributed by atoms with Crippen LogP contribution in [0.25, 0.3) is 0 Å². The Morgan fingerprint density at radius 1 is 0.912 bits per heavy atom. The fourth-order valence-electron chi connectivity index (χ4n) is 3.59. The lowest BCUT2D eigenvalue weighted by atomic mass is 10.1.